The van der Waals surface area contributed by atoms with E-state index in [4.69, 9.17) is 4.74 Å². The normalized spacial score (nSPS) is 19.7. The largest absolute Gasteiger partial charge is 0.497 e. The second kappa shape index (κ2) is 10.7. The molecule has 7 nitrogen and oxygen atoms in total. The van der Waals surface area contributed by atoms with E-state index < -0.39 is 5.92 Å². The molecule has 1 atom stereocenters. The lowest BCUT2D eigenvalue weighted by molar-refractivity contribution is -0.139. The third-order valence-electron chi connectivity index (χ3n) is 6.47. The van der Waals surface area contributed by atoms with Gasteiger partial charge in [-0.3, -0.25) is 14.4 Å². The zero-order valence-corrected chi connectivity index (χ0v) is 19.6. The van der Waals surface area contributed by atoms with Crippen LogP contribution in [-0.2, 0) is 20.9 Å². The van der Waals surface area contributed by atoms with Crippen molar-refractivity contribution in [2.24, 2.45) is 5.92 Å². The van der Waals surface area contributed by atoms with Crippen molar-refractivity contribution in [3.05, 3.63) is 41.1 Å². The van der Waals surface area contributed by atoms with Gasteiger partial charge in [-0.25, -0.2) is 0 Å². The molecule has 0 saturated heterocycles. The predicted molar refractivity (Wildman–Crippen MR) is 123 cm³/mol. The van der Waals surface area contributed by atoms with Crippen LogP contribution in [0.5, 0.6) is 5.75 Å². The van der Waals surface area contributed by atoms with Gasteiger partial charge in [0.1, 0.15) is 5.75 Å². The molecule has 1 heterocycles. The van der Waals surface area contributed by atoms with Crippen molar-refractivity contribution in [2.45, 2.75) is 64.5 Å². The smallest absolute Gasteiger partial charge is 0.251 e. The highest BCUT2D eigenvalue weighted by atomic mass is 16.5. The number of nitrogens with one attached hydrogen (secondary N) is 1. The van der Waals surface area contributed by atoms with E-state index in [0.717, 1.165) is 37.0 Å². The van der Waals surface area contributed by atoms with Crippen molar-refractivity contribution in [3.8, 4) is 5.75 Å². The topological polar surface area (TPSA) is 79.0 Å². The van der Waals surface area contributed by atoms with E-state index in [2.05, 4.69) is 5.32 Å². The first kappa shape index (κ1) is 23.8. The van der Waals surface area contributed by atoms with Gasteiger partial charge in [0.2, 0.25) is 11.8 Å². The highest BCUT2D eigenvalue weighted by molar-refractivity contribution is 5.98. The molecule has 2 aliphatic rings. The van der Waals surface area contributed by atoms with Gasteiger partial charge in [0.05, 0.1) is 19.6 Å². The van der Waals surface area contributed by atoms with Crippen LogP contribution in [0, 0.1) is 5.92 Å². The fourth-order valence-electron chi connectivity index (χ4n) is 4.57. The summed E-state index contributed by atoms with van der Waals surface area (Å²) in [4.78, 5) is 42.2. The van der Waals surface area contributed by atoms with E-state index in [1.165, 1.54) is 11.3 Å². The maximum atomic E-state index is 13.4. The van der Waals surface area contributed by atoms with Gasteiger partial charge in [-0.1, -0.05) is 31.4 Å². The number of amides is 3. The van der Waals surface area contributed by atoms with E-state index in [1.54, 1.807) is 26.1 Å². The molecule has 3 rings (SSSR count). The predicted octanol–water partition coefficient (Wildman–Crippen LogP) is 3.24. The fraction of sp³-hybridized carbons (Fsp3) is 0.560. The van der Waals surface area contributed by atoms with Crippen LogP contribution in [0.15, 0.2) is 35.5 Å². The van der Waals surface area contributed by atoms with Crippen molar-refractivity contribution in [1.29, 1.82) is 0 Å². The minimum Gasteiger partial charge on any atom is -0.497 e. The minimum absolute atomic E-state index is 0.101. The number of allylic oxidation sites excluding steroid dienone is 1. The molecule has 1 aromatic rings. The van der Waals surface area contributed by atoms with Crippen LogP contribution in [0.1, 0.15) is 57.4 Å². The van der Waals surface area contributed by atoms with E-state index in [-0.39, 0.29) is 30.2 Å². The Morgan fingerprint density at radius 2 is 1.78 bits per heavy atom. The Bertz CT molecular complexity index is 870. The number of benzene rings is 1. The van der Waals surface area contributed by atoms with Gasteiger partial charge in [-0.2, -0.15) is 0 Å². The van der Waals surface area contributed by atoms with Crippen LogP contribution in [-0.4, -0.2) is 54.8 Å². The minimum atomic E-state index is -0.542. The molecule has 0 spiro atoms. The molecule has 1 N–H and O–H groups in total. The lowest BCUT2D eigenvalue weighted by Gasteiger charge is -2.35. The summed E-state index contributed by atoms with van der Waals surface area (Å²) in [7, 11) is 5.02. The van der Waals surface area contributed by atoms with Crippen molar-refractivity contribution < 1.29 is 19.1 Å². The van der Waals surface area contributed by atoms with Crippen LogP contribution in [0.4, 0.5) is 0 Å². The zero-order chi connectivity index (χ0) is 23.3. The van der Waals surface area contributed by atoms with Gasteiger partial charge in [-0.15, -0.1) is 0 Å². The number of carbonyl (C=O) groups is 3. The van der Waals surface area contributed by atoms with E-state index >= 15 is 0 Å². The number of methoxy groups -OCH3 is 1. The summed E-state index contributed by atoms with van der Waals surface area (Å²) in [5.74, 6) is -0.123. The number of hydrogen-bond donors (Lipinski definition) is 1. The van der Waals surface area contributed by atoms with Crippen LogP contribution in [0.3, 0.4) is 0 Å². The molecule has 3 amide bonds. The highest BCUT2D eigenvalue weighted by Crippen LogP contribution is 2.32. The molecular formula is C25H35N3O4. The second-order valence-corrected chi connectivity index (χ2v) is 9.04. The summed E-state index contributed by atoms with van der Waals surface area (Å²) < 4.78 is 5.21. The molecule has 7 heteroatoms. The second-order valence-electron chi connectivity index (χ2n) is 9.04. The quantitative estimate of drug-likeness (QED) is 0.705. The Morgan fingerprint density at radius 3 is 2.38 bits per heavy atom. The molecule has 1 aliphatic heterocycles. The van der Waals surface area contributed by atoms with Crippen molar-refractivity contribution in [2.75, 3.05) is 21.2 Å². The standard InChI is InChI=1S/C25H35N3O4/c1-17-22(25(31)27(2)3)14-19(15-23(29)26-20-8-6-5-7-9-20)24(30)28(17)16-18-10-12-21(32-4)13-11-18/h10-13,19-20H,5-9,14-16H2,1-4H3,(H,26,29). The monoisotopic (exact) mass is 441 g/mol. The molecule has 174 valence electrons. The molecule has 1 aromatic carbocycles. The molecule has 1 fully saturated rings. The summed E-state index contributed by atoms with van der Waals surface area (Å²) in [6.07, 6.45) is 5.87. The summed E-state index contributed by atoms with van der Waals surface area (Å²) in [5, 5.41) is 3.11. The van der Waals surface area contributed by atoms with Gasteiger partial charge in [0.25, 0.3) is 5.91 Å². The average Bonchev–Trinajstić information content (AvgIpc) is 2.79. The van der Waals surface area contributed by atoms with E-state index in [0.29, 0.717) is 24.2 Å². The van der Waals surface area contributed by atoms with Gasteiger partial charge in [0.15, 0.2) is 0 Å². The summed E-state index contributed by atoms with van der Waals surface area (Å²) in [5.41, 5.74) is 2.19. The highest BCUT2D eigenvalue weighted by Gasteiger charge is 2.37. The molecule has 0 bridgehead atoms. The zero-order valence-electron chi connectivity index (χ0n) is 19.6. The Kier molecular flexibility index (Phi) is 7.94. The van der Waals surface area contributed by atoms with E-state index in [1.807, 2.05) is 31.2 Å². The van der Waals surface area contributed by atoms with E-state index in [9.17, 15) is 14.4 Å². The van der Waals surface area contributed by atoms with Gasteiger partial charge >= 0.3 is 0 Å². The maximum Gasteiger partial charge on any atom is 0.251 e. The Morgan fingerprint density at radius 1 is 1.12 bits per heavy atom. The molecule has 1 saturated carbocycles. The summed E-state index contributed by atoms with van der Waals surface area (Å²) >= 11 is 0. The summed E-state index contributed by atoms with van der Waals surface area (Å²) in [6.45, 7) is 2.16. The third-order valence-corrected chi connectivity index (χ3v) is 6.47. The number of ether oxygens (including phenoxy) is 1. The molecular weight excluding hydrogens is 406 g/mol. The average molecular weight is 442 g/mol. The number of likely N-dealkylation sites (N-methyl/N-ethyl adjacent to an activating group) is 1. The van der Waals surface area contributed by atoms with Crippen LogP contribution >= 0.6 is 0 Å². The lowest BCUT2D eigenvalue weighted by Crippen LogP contribution is -2.44. The first-order chi connectivity index (χ1) is 15.3. The number of hydrogen-bond acceptors (Lipinski definition) is 4. The SMILES string of the molecule is COc1ccc(CN2C(=O)C(CC(=O)NC3CCCCC3)CC(C(=O)N(C)C)=C2C)cc1. The van der Waals surface area contributed by atoms with Gasteiger partial charge < -0.3 is 19.9 Å². The first-order valence-corrected chi connectivity index (χ1v) is 11.4. The molecule has 0 aromatic heterocycles. The first-order valence-electron chi connectivity index (χ1n) is 11.4. The van der Waals surface area contributed by atoms with Crippen molar-refractivity contribution >= 4 is 17.7 Å². The van der Waals surface area contributed by atoms with Gasteiger partial charge in [-0.05, 0) is 43.9 Å². The number of nitrogens with zero attached hydrogens (tertiary/aromatic N) is 2. The number of rotatable bonds is 7. The number of carbonyl (C=O) groups excluding carboxylic acids is 3. The molecule has 1 unspecified atom stereocenters. The van der Waals surface area contributed by atoms with Crippen molar-refractivity contribution in [1.82, 2.24) is 15.1 Å². The van der Waals surface area contributed by atoms with Crippen LogP contribution in [0.2, 0.25) is 0 Å². The Labute approximate surface area is 190 Å². The third kappa shape index (κ3) is 5.69. The Balaban J connectivity index is 1.79. The Hall–Kier alpha value is -2.83. The van der Waals surface area contributed by atoms with Gasteiger partial charge in [0, 0.05) is 37.8 Å². The lowest BCUT2D eigenvalue weighted by atomic mass is 9.87. The molecule has 32 heavy (non-hydrogen) atoms. The summed E-state index contributed by atoms with van der Waals surface area (Å²) in [6, 6.07) is 7.72. The van der Waals surface area contributed by atoms with Crippen LogP contribution in [0.25, 0.3) is 0 Å². The van der Waals surface area contributed by atoms with Crippen LogP contribution < -0.4 is 10.1 Å². The molecule has 1 aliphatic carbocycles. The maximum absolute atomic E-state index is 13.4. The fourth-order valence-corrected chi connectivity index (χ4v) is 4.57. The van der Waals surface area contributed by atoms with Crippen molar-refractivity contribution in [3.63, 3.8) is 0 Å². The molecule has 0 radical (unpaired) electrons.